The first-order chi connectivity index (χ1) is 18.9. The largest absolute Gasteiger partial charge is 0.490 e. The van der Waals surface area contributed by atoms with Gasteiger partial charge in [-0.25, -0.2) is 4.79 Å². The number of alkyl halides is 3. The van der Waals surface area contributed by atoms with Gasteiger partial charge in [0.1, 0.15) is 6.04 Å². The summed E-state index contributed by atoms with van der Waals surface area (Å²) in [7, 11) is 0. The molecule has 0 fully saturated rings. The van der Waals surface area contributed by atoms with Gasteiger partial charge >= 0.3 is 12.1 Å². The molecule has 0 aliphatic heterocycles. The van der Waals surface area contributed by atoms with Crippen molar-refractivity contribution in [2.24, 2.45) is 5.92 Å². The minimum absolute atomic E-state index is 0.0248. The van der Waals surface area contributed by atoms with Gasteiger partial charge in [-0.05, 0) is 49.3 Å². The molecule has 0 aliphatic carbocycles. The minimum atomic E-state index is -5.08. The van der Waals surface area contributed by atoms with Crippen molar-refractivity contribution in [3.05, 3.63) is 77.9 Å². The number of hydrogen-bond donors (Lipinski definition) is 3. The lowest BCUT2D eigenvalue weighted by Crippen LogP contribution is -2.54. The van der Waals surface area contributed by atoms with E-state index in [1.807, 2.05) is 54.6 Å². The predicted octanol–water partition coefficient (Wildman–Crippen LogP) is 7.09. The molecule has 0 spiro atoms. The van der Waals surface area contributed by atoms with E-state index in [0.29, 0.717) is 11.5 Å². The first-order valence-electron chi connectivity index (χ1n) is 13.2. The Bertz CT molecular complexity index is 1310. The first kappa shape index (κ1) is 32.2. The third kappa shape index (κ3) is 9.01. The SMILES string of the molecule is CCC(CC)(Cc1ccccc1)NC(=O)[C@H](CC(C)C)Nc1ccc(C#N)c2ccccc12.O=C(O)C(F)(F)F. The maximum absolute atomic E-state index is 13.6. The van der Waals surface area contributed by atoms with Crippen molar-refractivity contribution in [1.29, 1.82) is 5.26 Å². The second-order valence-corrected chi connectivity index (χ2v) is 10.1. The second kappa shape index (κ2) is 14.4. The van der Waals surface area contributed by atoms with Gasteiger partial charge in [0.05, 0.1) is 11.6 Å². The van der Waals surface area contributed by atoms with Crippen LogP contribution >= 0.6 is 0 Å². The Labute approximate surface area is 233 Å². The summed E-state index contributed by atoms with van der Waals surface area (Å²) in [4.78, 5) is 22.5. The van der Waals surface area contributed by atoms with Crippen LogP contribution in [0.3, 0.4) is 0 Å². The van der Waals surface area contributed by atoms with Crippen molar-refractivity contribution < 1.29 is 27.9 Å². The lowest BCUT2D eigenvalue weighted by atomic mass is 9.85. The Kier molecular flexibility index (Phi) is 11.5. The number of hydrogen-bond acceptors (Lipinski definition) is 4. The normalized spacial score (nSPS) is 12.2. The van der Waals surface area contributed by atoms with Gasteiger partial charge in [-0.3, -0.25) is 4.79 Å². The number of aliphatic carboxylic acids is 1. The van der Waals surface area contributed by atoms with Gasteiger partial charge in [0, 0.05) is 22.0 Å². The number of carboxylic acid groups (broad SMARTS) is 1. The number of carbonyl (C=O) groups is 2. The molecule has 0 unspecified atom stereocenters. The highest BCUT2D eigenvalue weighted by Crippen LogP contribution is 2.28. The lowest BCUT2D eigenvalue weighted by Gasteiger charge is -2.35. The van der Waals surface area contributed by atoms with E-state index < -0.39 is 12.1 Å². The minimum Gasteiger partial charge on any atom is -0.475 e. The Morgan fingerprint density at radius 3 is 1.98 bits per heavy atom. The van der Waals surface area contributed by atoms with E-state index >= 15 is 0 Å². The molecule has 0 heterocycles. The topological polar surface area (TPSA) is 102 Å². The molecule has 214 valence electrons. The van der Waals surface area contributed by atoms with Crippen LogP contribution in [0.15, 0.2) is 66.7 Å². The summed E-state index contributed by atoms with van der Waals surface area (Å²) in [6.07, 6.45) is -1.84. The molecular weight excluding hydrogens is 519 g/mol. The van der Waals surface area contributed by atoms with Crippen molar-refractivity contribution >= 4 is 28.3 Å². The zero-order chi connectivity index (χ0) is 29.9. The van der Waals surface area contributed by atoms with Crippen LogP contribution in [0.25, 0.3) is 10.8 Å². The maximum atomic E-state index is 13.6. The van der Waals surface area contributed by atoms with E-state index in [0.717, 1.165) is 42.1 Å². The molecule has 3 N–H and O–H groups in total. The summed E-state index contributed by atoms with van der Waals surface area (Å²) in [5.41, 5.74) is 2.46. The number of carbonyl (C=O) groups excluding carboxylic acids is 1. The van der Waals surface area contributed by atoms with Crippen LogP contribution in [-0.2, 0) is 16.0 Å². The molecule has 0 saturated heterocycles. The van der Waals surface area contributed by atoms with Gasteiger partial charge in [0.15, 0.2) is 0 Å². The van der Waals surface area contributed by atoms with Crippen LogP contribution in [0.2, 0.25) is 0 Å². The fourth-order valence-electron chi connectivity index (χ4n) is 4.47. The molecule has 0 saturated carbocycles. The standard InChI is InChI=1S/C29H35N3O.C2HF3O2/c1-5-29(6-2,19-22-12-8-7-9-13-22)32-28(33)27(18-21(3)4)31-26-17-16-23(20-30)24-14-10-11-15-25(24)26;3-2(4,5)1(6)7/h7-17,21,27,31H,5-6,18-19H2,1-4H3,(H,32,33);(H,6,7)/t27-;/m0./s1. The van der Waals surface area contributed by atoms with E-state index in [1.54, 1.807) is 0 Å². The van der Waals surface area contributed by atoms with Crippen LogP contribution in [0.4, 0.5) is 18.9 Å². The van der Waals surface area contributed by atoms with Crippen molar-refractivity contribution in [3.63, 3.8) is 0 Å². The van der Waals surface area contributed by atoms with Gasteiger partial charge in [-0.2, -0.15) is 18.4 Å². The monoisotopic (exact) mass is 555 g/mol. The number of nitrogens with one attached hydrogen (secondary N) is 2. The molecule has 3 aromatic rings. The zero-order valence-corrected chi connectivity index (χ0v) is 23.2. The molecule has 3 aromatic carbocycles. The van der Waals surface area contributed by atoms with Gasteiger partial charge < -0.3 is 15.7 Å². The lowest BCUT2D eigenvalue weighted by molar-refractivity contribution is -0.192. The number of nitrogens with zero attached hydrogens (tertiary/aromatic N) is 1. The maximum Gasteiger partial charge on any atom is 0.490 e. The molecule has 6 nitrogen and oxygen atoms in total. The van der Waals surface area contributed by atoms with Crippen molar-refractivity contribution in [1.82, 2.24) is 5.32 Å². The van der Waals surface area contributed by atoms with E-state index in [1.165, 1.54) is 5.56 Å². The number of rotatable bonds is 10. The highest BCUT2D eigenvalue weighted by Gasteiger charge is 2.38. The summed E-state index contributed by atoms with van der Waals surface area (Å²) in [6, 6.07) is 23.9. The van der Waals surface area contributed by atoms with Gasteiger partial charge in [-0.1, -0.05) is 82.3 Å². The van der Waals surface area contributed by atoms with Gasteiger partial charge in [0.2, 0.25) is 5.91 Å². The van der Waals surface area contributed by atoms with E-state index in [-0.39, 0.29) is 17.5 Å². The Balaban J connectivity index is 0.000000708. The van der Waals surface area contributed by atoms with E-state index in [2.05, 4.69) is 56.5 Å². The second-order valence-electron chi connectivity index (χ2n) is 10.1. The summed E-state index contributed by atoms with van der Waals surface area (Å²) in [5, 5.41) is 25.4. The molecule has 0 radical (unpaired) electrons. The summed E-state index contributed by atoms with van der Waals surface area (Å²) < 4.78 is 31.7. The number of nitriles is 1. The predicted molar refractivity (Wildman–Crippen MR) is 151 cm³/mol. The van der Waals surface area contributed by atoms with Gasteiger partial charge in [0.25, 0.3) is 0 Å². The third-order valence-electron chi connectivity index (χ3n) is 6.77. The van der Waals surface area contributed by atoms with Crippen LogP contribution in [0, 0.1) is 17.2 Å². The summed E-state index contributed by atoms with van der Waals surface area (Å²) in [5.74, 6) is -2.38. The average molecular weight is 556 g/mol. The van der Waals surface area contributed by atoms with Crippen molar-refractivity contribution in [2.75, 3.05) is 5.32 Å². The quantitative estimate of drug-likeness (QED) is 0.248. The summed E-state index contributed by atoms with van der Waals surface area (Å²) in [6.45, 7) is 8.56. The fraction of sp³-hybridized carbons (Fsp3) is 0.387. The smallest absolute Gasteiger partial charge is 0.475 e. The summed E-state index contributed by atoms with van der Waals surface area (Å²) >= 11 is 0. The number of carboxylic acids is 1. The van der Waals surface area contributed by atoms with Crippen molar-refractivity contribution in [3.8, 4) is 6.07 Å². The van der Waals surface area contributed by atoms with Crippen LogP contribution in [-0.4, -0.2) is 34.7 Å². The molecule has 40 heavy (non-hydrogen) atoms. The number of halogens is 3. The van der Waals surface area contributed by atoms with Crippen LogP contribution < -0.4 is 10.6 Å². The van der Waals surface area contributed by atoms with E-state index in [9.17, 15) is 23.2 Å². The fourth-order valence-corrected chi connectivity index (χ4v) is 4.47. The molecular formula is C31H36F3N3O3. The molecule has 0 bridgehead atoms. The zero-order valence-electron chi connectivity index (χ0n) is 23.2. The number of anilines is 1. The molecule has 0 aromatic heterocycles. The number of amides is 1. The van der Waals surface area contributed by atoms with E-state index in [4.69, 9.17) is 9.90 Å². The van der Waals surface area contributed by atoms with Crippen LogP contribution in [0.5, 0.6) is 0 Å². The molecule has 0 aliphatic rings. The van der Waals surface area contributed by atoms with Crippen LogP contribution in [0.1, 0.15) is 58.1 Å². The third-order valence-corrected chi connectivity index (χ3v) is 6.77. The highest BCUT2D eigenvalue weighted by atomic mass is 19.4. The Morgan fingerprint density at radius 1 is 0.925 bits per heavy atom. The van der Waals surface area contributed by atoms with Gasteiger partial charge in [-0.15, -0.1) is 0 Å². The average Bonchev–Trinajstić information content (AvgIpc) is 2.92. The first-order valence-corrected chi connectivity index (χ1v) is 13.2. The number of benzene rings is 3. The highest BCUT2D eigenvalue weighted by molar-refractivity contribution is 5.99. The van der Waals surface area contributed by atoms with Crippen molar-refractivity contribution in [2.45, 2.75) is 71.1 Å². The molecule has 3 rings (SSSR count). The molecule has 1 atom stereocenters. The Morgan fingerprint density at radius 2 is 1.48 bits per heavy atom. The molecule has 1 amide bonds. The Hall–Kier alpha value is -4.06. The number of fused-ring (bicyclic) bond motifs is 1. The molecule has 9 heteroatoms.